The highest BCUT2D eigenvalue weighted by atomic mass is 35.5. The molecule has 2 atom stereocenters. The Balaban J connectivity index is 0.00000225. The number of carbonyl (C=O) groups is 1. The first-order chi connectivity index (χ1) is 13.1. The highest BCUT2D eigenvalue weighted by Gasteiger charge is 2.46. The predicted molar refractivity (Wildman–Crippen MR) is 109 cm³/mol. The molecule has 2 N–H and O–H groups in total. The highest BCUT2D eigenvalue weighted by Crippen LogP contribution is 2.52. The van der Waals surface area contributed by atoms with Gasteiger partial charge in [-0.05, 0) is 43.0 Å². The number of carbonyl (C=O) groups excluding carboxylic acids is 1. The lowest BCUT2D eigenvalue weighted by atomic mass is 9.71. The van der Waals surface area contributed by atoms with Crippen LogP contribution in [0.3, 0.4) is 0 Å². The zero-order valence-corrected chi connectivity index (χ0v) is 17.6. The molecule has 0 radical (unpaired) electrons. The van der Waals surface area contributed by atoms with Gasteiger partial charge in [0, 0.05) is 25.6 Å². The minimum Gasteiger partial charge on any atom is -0.486 e. The van der Waals surface area contributed by atoms with Crippen LogP contribution in [0.5, 0.6) is 11.5 Å². The number of fused-ring (bicyclic) bond motifs is 3. The molecule has 0 bridgehead atoms. The standard InChI is InChI=1S/C21H30N2O4.ClH/c1-14-16-10-18-19(27-8-7-26-18)11-17(16)21(5-3-4-6-21)13-23(14)20(24)9-15(12-22)25-2;/h10-11,14-15H,3-9,12-13,22H2,1-2H3;1H. The molecule has 7 heteroatoms. The molecule has 1 amide bonds. The number of nitrogens with zero attached hydrogens (tertiary/aromatic N) is 1. The van der Waals surface area contributed by atoms with Gasteiger partial charge in [-0.3, -0.25) is 4.79 Å². The molecule has 2 unspecified atom stereocenters. The molecule has 2 heterocycles. The Morgan fingerprint density at radius 2 is 1.93 bits per heavy atom. The fourth-order valence-corrected chi connectivity index (χ4v) is 4.98. The summed E-state index contributed by atoms with van der Waals surface area (Å²) in [5.41, 5.74) is 8.31. The largest absolute Gasteiger partial charge is 0.486 e. The molecule has 6 nitrogen and oxygen atoms in total. The number of nitrogens with two attached hydrogens (primary N) is 1. The Morgan fingerprint density at radius 3 is 2.54 bits per heavy atom. The van der Waals surface area contributed by atoms with Crippen molar-refractivity contribution in [2.24, 2.45) is 5.73 Å². The van der Waals surface area contributed by atoms with Crippen LogP contribution in [0.4, 0.5) is 0 Å². The van der Waals surface area contributed by atoms with Crippen LogP contribution < -0.4 is 15.2 Å². The maximum absolute atomic E-state index is 13.1. The third-order valence-electron chi connectivity index (χ3n) is 6.56. The summed E-state index contributed by atoms with van der Waals surface area (Å²) in [6, 6.07) is 4.29. The average molecular weight is 411 g/mol. The van der Waals surface area contributed by atoms with Crippen molar-refractivity contribution >= 4 is 18.3 Å². The fraction of sp³-hybridized carbons (Fsp3) is 0.667. The molecule has 4 rings (SSSR count). The summed E-state index contributed by atoms with van der Waals surface area (Å²) in [7, 11) is 1.61. The van der Waals surface area contributed by atoms with E-state index in [0.717, 1.165) is 30.9 Å². The second kappa shape index (κ2) is 8.47. The minimum absolute atomic E-state index is 0. The monoisotopic (exact) mass is 410 g/mol. The molecule has 1 aliphatic carbocycles. The molecular formula is C21H31ClN2O4. The van der Waals surface area contributed by atoms with E-state index in [0.29, 0.717) is 26.2 Å². The van der Waals surface area contributed by atoms with Crippen LogP contribution in [0.15, 0.2) is 12.1 Å². The maximum Gasteiger partial charge on any atom is 0.225 e. The van der Waals surface area contributed by atoms with E-state index in [2.05, 4.69) is 19.1 Å². The Bertz CT molecular complexity index is 717. The molecule has 1 aromatic carbocycles. The smallest absolute Gasteiger partial charge is 0.225 e. The topological polar surface area (TPSA) is 74.0 Å². The van der Waals surface area contributed by atoms with Crippen LogP contribution >= 0.6 is 12.4 Å². The zero-order valence-electron chi connectivity index (χ0n) is 16.7. The molecule has 1 saturated carbocycles. The highest BCUT2D eigenvalue weighted by molar-refractivity contribution is 5.85. The molecule has 0 aromatic heterocycles. The first kappa shape index (κ1) is 21.2. The van der Waals surface area contributed by atoms with E-state index in [-0.39, 0.29) is 35.9 Å². The first-order valence-electron chi connectivity index (χ1n) is 10.0. The molecule has 28 heavy (non-hydrogen) atoms. The van der Waals surface area contributed by atoms with Gasteiger partial charge in [0.25, 0.3) is 0 Å². The fourth-order valence-electron chi connectivity index (χ4n) is 4.98. The number of hydrogen-bond donors (Lipinski definition) is 1. The van der Waals surface area contributed by atoms with Gasteiger partial charge >= 0.3 is 0 Å². The lowest BCUT2D eigenvalue weighted by Crippen LogP contribution is -2.49. The van der Waals surface area contributed by atoms with Gasteiger partial charge < -0.3 is 24.8 Å². The molecular weight excluding hydrogens is 380 g/mol. The molecule has 2 aliphatic heterocycles. The number of hydrogen-bond acceptors (Lipinski definition) is 5. The second-order valence-corrected chi connectivity index (χ2v) is 8.07. The van der Waals surface area contributed by atoms with Gasteiger partial charge in [-0.15, -0.1) is 12.4 Å². The third kappa shape index (κ3) is 3.58. The van der Waals surface area contributed by atoms with Gasteiger partial charge in [-0.25, -0.2) is 0 Å². The van der Waals surface area contributed by atoms with E-state index in [1.54, 1.807) is 7.11 Å². The van der Waals surface area contributed by atoms with Crippen molar-refractivity contribution in [2.45, 2.75) is 56.6 Å². The summed E-state index contributed by atoms with van der Waals surface area (Å²) < 4.78 is 17.0. The summed E-state index contributed by atoms with van der Waals surface area (Å²) in [6.45, 7) is 4.39. The summed E-state index contributed by atoms with van der Waals surface area (Å²) in [4.78, 5) is 15.1. The lowest BCUT2D eigenvalue weighted by molar-refractivity contribution is -0.137. The van der Waals surface area contributed by atoms with Gasteiger partial charge in [-0.2, -0.15) is 0 Å². The van der Waals surface area contributed by atoms with Crippen molar-refractivity contribution in [1.29, 1.82) is 0 Å². The van der Waals surface area contributed by atoms with Gasteiger partial charge in [0.1, 0.15) is 13.2 Å². The predicted octanol–water partition coefficient (Wildman–Crippen LogP) is 2.96. The van der Waals surface area contributed by atoms with E-state index in [1.165, 1.54) is 24.0 Å². The van der Waals surface area contributed by atoms with Gasteiger partial charge in [-0.1, -0.05) is 12.8 Å². The number of amides is 1. The van der Waals surface area contributed by atoms with E-state index < -0.39 is 0 Å². The van der Waals surface area contributed by atoms with Gasteiger partial charge in [0.2, 0.25) is 5.91 Å². The van der Waals surface area contributed by atoms with Crippen LogP contribution in [0, 0.1) is 0 Å². The number of benzene rings is 1. The normalized spacial score (nSPS) is 23.1. The van der Waals surface area contributed by atoms with Gasteiger partial charge in [0.15, 0.2) is 11.5 Å². The molecule has 0 saturated heterocycles. The molecule has 156 valence electrons. The number of methoxy groups -OCH3 is 1. The van der Waals surface area contributed by atoms with Crippen LogP contribution in [0.1, 0.15) is 56.2 Å². The van der Waals surface area contributed by atoms with Crippen molar-refractivity contribution < 1.29 is 19.0 Å². The third-order valence-corrected chi connectivity index (χ3v) is 6.56. The maximum atomic E-state index is 13.1. The SMILES string of the molecule is COC(CN)CC(=O)N1CC2(CCCC2)c2cc3c(cc2C1C)OCCO3.Cl. The Morgan fingerprint density at radius 1 is 1.29 bits per heavy atom. The average Bonchev–Trinajstić information content (AvgIpc) is 3.17. The van der Waals surface area contributed by atoms with Crippen molar-refractivity contribution in [3.63, 3.8) is 0 Å². The van der Waals surface area contributed by atoms with Crippen molar-refractivity contribution in [3.8, 4) is 11.5 Å². The van der Waals surface area contributed by atoms with E-state index >= 15 is 0 Å². The van der Waals surface area contributed by atoms with Crippen molar-refractivity contribution in [2.75, 3.05) is 33.4 Å². The summed E-state index contributed by atoms with van der Waals surface area (Å²) in [6.07, 6.45) is 4.72. The van der Waals surface area contributed by atoms with Crippen molar-refractivity contribution in [3.05, 3.63) is 23.3 Å². The Labute approximate surface area is 173 Å². The zero-order chi connectivity index (χ0) is 19.0. The van der Waals surface area contributed by atoms with Crippen LogP contribution in [0.25, 0.3) is 0 Å². The Hall–Kier alpha value is -1.50. The van der Waals surface area contributed by atoms with Gasteiger partial charge in [0.05, 0.1) is 18.6 Å². The van der Waals surface area contributed by atoms with Crippen molar-refractivity contribution in [1.82, 2.24) is 4.90 Å². The van der Waals surface area contributed by atoms with E-state index in [9.17, 15) is 4.79 Å². The molecule has 1 fully saturated rings. The van der Waals surface area contributed by atoms with Crippen LogP contribution in [0.2, 0.25) is 0 Å². The minimum atomic E-state index is -0.231. The molecule has 1 spiro atoms. The lowest BCUT2D eigenvalue weighted by Gasteiger charge is -2.46. The quantitative estimate of drug-likeness (QED) is 0.826. The van der Waals surface area contributed by atoms with E-state index in [4.69, 9.17) is 19.9 Å². The number of rotatable bonds is 4. The number of ether oxygens (including phenoxy) is 3. The number of halogens is 1. The van der Waals surface area contributed by atoms with Crippen LogP contribution in [-0.2, 0) is 14.9 Å². The Kier molecular flexibility index (Phi) is 6.42. The molecule has 3 aliphatic rings. The first-order valence-corrected chi connectivity index (χ1v) is 10.0. The molecule has 1 aromatic rings. The summed E-state index contributed by atoms with van der Waals surface area (Å²) in [5, 5.41) is 0. The van der Waals surface area contributed by atoms with Crippen LogP contribution in [-0.4, -0.2) is 50.3 Å². The van der Waals surface area contributed by atoms with E-state index in [1.807, 2.05) is 4.90 Å². The summed E-state index contributed by atoms with van der Waals surface area (Å²) >= 11 is 0. The summed E-state index contributed by atoms with van der Waals surface area (Å²) in [5.74, 6) is 1.76. The second-order valence-electron chi connectivity index (χ2n) is 8.07.